The fourth-order valence-corrected chi connectivity index (χ4v) is 3.46. The molecule has 0 saturated carbocycles. The Morgan fingerprint density at radius 3 is 2.52 bits per heavy atom. The first-order chi connectivity index (χ1) is 12.9. The Hall–Kier alpha value is -2.77. The summed E-state index contributed by atoms with van der Waals surface area (Å²) in [6, 6.07) is 4.96. The third-order valence-electron chi connectivity index (χ3n) is 4.77. The van der Waals surface area contributed by atoms with Crippen molar-refractivity contribution in [3.8, 4) is 11.5 Å². The van der Waals surface area contributed by atoms with Crippen LogP contribution in [0.4, 0.5) is 0 Å². The van der Waals surface area contributed by atoms with Crippen LogP contribution < -0.4 is 9.47 Å². The summed E-state index contributed by atoms with van der Waals surface area (Å²) in [4.78, 5) is 39.0. The van der Waals surface area contributed by atoms with Crippen molar-refractivity contribution in [3.05, 3.63) is 23.8 Å². The van der Waals surface area contributed by atoms with Crippen LogP contribution in [0.2, 0.25) is 0 Å². The average Bonchev–Trinajstić information content (AvgIpc) is 2.90. The number of amides is 2. The van der Waals surface area contributed by atoms with Crippen LogP contribution >= 0.6 is 0 Å². The Morgan fingerprint density at radius 1 is 1.19 bits per heavy atom. The highest BCUT2D eigenvalue weighted by molar-refractivity contribution is 5.97. The van der Waals surface area contributed by atoms with Gasteiger partial charge in [-0.1, -0.05) is 6.07 Å². The van der Waals surface area contributed by atoms with Crippen LogP contribution in [0.1, 0.15) is 36.5 Å². The standard InChI is InChI=1S/C19H26N2O6/c1-13(22)21(12-17(23)24)14-6-5-10-20(11-9-14)19(25)15-7-4-8-16(26-2)18(15)27-3/h4,7-8,14H,5-6,9-12H2,1-3H3,(H,23,24). The topological polar surface area (TPSA) is 96.4 Å². The minimum Gasteiger partial charge on any atom is -0.493 e. The summed E-state index contributed by atoms with van der Waals surface area (Å²) in [5.74, 6) is -0.596. The van der Waals surface area contributed by atoms with Gasteiger partial charge in [-0.15, -0.1) is 0 Å². The van der Waals surface area contributed by atoms with Gasteiger partial charge in [0.1, 0.15) is 6.54 Å². The van der Waals surface area contributed by atoms with E-state index in [1.165, 1.54) is 26.0 Å². The molecule has 1 aromatic carbocycles. The van der Waals surface area contributed by atoms with Gasteiger partial charge in [-0.05, 0) is 31.4 Å². The minimum atomic E-state index is -1.04. The number of para-hydroxylation sites is 1. The van der Waals surface area contributed by atoms with E-state index in [1.54, 1.807) is 23.1 Å². The lowest BCUT2D eigenvalue weighted by Gasteiger charge is -2.29. The quantitative estimate of drug-likeness (QED) is 0.808. The molecule has 1 fully saturated rings. The lowest BCUT2D eigenvalue weighted by molar-refractivity contribution is -0.145. The summed E-state index contributed by atoms with van der Waals surface area (Å²) in [5, 5.41) is 9.05. The fourth-order valence-electron chi connectivity index (χ4n) is 3.46. The molecule has 0 aliphatic carbocycles. The zero-order chi connectivity index (χ0) is 20.0. The third kappa shape index (κ3) is 4.90. The lowest BCUT2D eigenvalue weighted by atomic mass is 10.1. The van der Waals surface area contributed by atoms with Gasteiger partial charge in [0, 0.05) is 26.1 Å². The van der Waals surface area contributed by atoms with Crippen molar-refractivity contribution in [2.75, 3.05) is 33.9 Å². The number of rotatable bonds is 6. The van der Waals surface area contributed by atoms with Gasteiger partial charge in [-0.2, -0.15) is 0 Å². The van der Waals surface area contributed by atoms with Gasteiger partial charge in [0.15, 0.2) is 11.5 Å². The molecule has 8 heteroatoms. The maximum atomic E-state index is 13.0. The maximum absolute atomic E-state index is 13.0. The number of hydrogen-bond donors (Lipinski definition) is 1. The van der Waals surface area contributed by atoms with Gasteiger partial charge in [0.2, 0.25) is 5.91 Å². The Kier molecular flexibility index (Phi) is 7.04. The third-order valence-corrected chi connectivity index (χ3v) is 4.77. The molecular formula is C19H26N2O6. The molecular weight excluding hydrogens is 352 g/mol. The van der Waals surface area contributed by atoms with E-state index in [1.807, 2.05) is 0 Å². The van der Waals surface area contributed by atoms with Gasteiger partial charge < -0.3 is 24.4 Å². The molecule has 27 heavy (non-hydrogen) atoms. The molecule has 1 N–H and O–H groups in total. The number of ether oxygens (including phenoxy) is 2. The second-order valence-electron chi connectivity index (χ2n) is 6.46. The predicted molar refractivity (Wildman–Crippen MR) is 98.1 cm³/mol. The Balaban J connectivity index is 2.15. The maximum Gasteiger partial charge on any atom is 0.323 e. The van der Waals surface area contributed by atoms with Crippen LogP contribution in [0.25, 0.3) is 0 Å². The molecule has 1 aliphatic rings. The van der Waals surface area contributed by atoms with Crippen LogP contribution in [0.5, 0.6) is 11.5 Å². The number of carboxylic acid groups (broad SMARTS) is 1. The second kappa shape index (κ2) is 9.25. The Morgan fingerprint density at radius 2 is 1.93 bits per heavy atom. The first-order valence-corrected chi connectivity index (χ1v) is 8.88. The van der Waals surface area contributed by atoms with Crippen molar-refractivity contribution in [2.45, 2.75) is 32.2 Å². The van der Waals surface area contributed by atoms with Crippen LogP contribution in [-0.4, -0.2) is 72.6 Å². The van der Waals surface area contributed by atoms with Crippen LogP contribution in [0.3, 0.4) is 0 Å². The summed E-state index contributed by atoms with van der Waals surface area (Å²) in [7, 11) is 3.01. The zero-order valence-corrected chi connectivity index (χ0v) is 15.9. The van der Waals surface area contributed by atoms with E-state index in [4.69, 9.17) is 14.6 Å². The molecule has 148 valence electrons. The Bertz CT molecular complexity index is 705. The molecule has 1 aromatic rings. The molecule has 0 spiro atoms. The van der Waals surface area contributed by atoms with Gasteiger partial charge in [-0.3, -0.25) is 14.4 Å². The number of benzene rings is 1. The van der Waals surface area contributed by atoms with E-state index in [2.05, 4.69) is 0 Å². The number of nitrogens with zero attached hydrogens (tertiary/aromatic N) is 2. The van der Waals surface area contributed by atoms with Crippen LogP contribution in [0, 0.1) is 0 Å². The molecule has 1 unspecified atom stereocenters. The predicted octanol–water partition coefficient (Wildman–Crippen LogP) is 1.63. The van der Waals surface area contributed by atoms with Gasteiger partial charge in [0.25, 0.3) is 5.91 Å². The van der Waals surface area contributed by atoms with E-state index in [9.17, 15) is 14.4 Å². The smallest absolute Gasteiger partial charge is 0.323 e. The molecule has 1 saturated heterocycles. The first-order valence-electron chi connectivity index (χ1n) is 8.88. The molecule has 1 aliphatic heterocycles. The fraction of sp³-hybridized carbons (Fsp3) is 0.526. The molecule has 8 nitrogen and oxygen atoms in total. The molecule has 2 amide bonds. The number of likely N-dealkylation sites (tertiary alicyclic amines) is 1. The van der Waals surface area contributed by atoms with E-state index in [0.29, 0.717) is 49.4 Å². The molecule has 0 aromatic heterocycles. The van der Waals surface area contributed by atoms with Crippen molar-refractivity contribution in [2.24, 2.45) is 0 Å². The zero-order valence-electron chi connectivity index (χ0n) is 15.9. The molecule has 0 bridgehead atoms. The summed E-state index contributed by atoms with van der Waals surface area (Å²) in [5.41, 5.74) is 0.421. The lowest BCUT2D eigenvalue weighted by Crippen LogP contribution is -2.43. The monoisotopic (exact) mass is 378 g/mol. The number of carbonyl (C=O) groups excluding carboxylic acids is 2. The highest BCUT2D eigenvalue weighted by Crippen LogP contribution is 2.32. The van der Waals surface area contributed by atoms with Crippen molar-refractivity contribution >= 4 is 17.8 Å². The van der Waals surface area contributed by atoms with Crippen molar-refractivity contribution in [1.82, 2.24) is 9.80 Å². The van der Waals surface area contributed by atoms with Crippen molar-refractivity contribution in [3.63, 3.8) is 0 Å². The molecule has 0 radical (unpaired) electrons. The molecule has 2 rings (SSSR count). The average molecular weight is 378 g/mol. The number of methoxy groups -OCH3 is 2. The second-order valence-corrected chi connectivity index (χ2v) is 6.46. The van der Waals surface area contributed by atoms with Gasteiger partial charge >= 0.3 is 5.97 Å². The highest BCUT2D eigenvalue weighted by Gasteiger charge is 2.29. The number of hydrogen-bond acceptors (Lipinski definition) is 5. The van der Waals surface area contributed by atoms with Crippen molar-refractivity contribution in [1.29, 1.82) is 0 Å². The first kappa shape index (κ1) is 20.5. The summed E-state index contributed by atoms with van der Waals surface area (Å²) < 4.78 is 10.6. The SMILES string of the molecule is COc1cccc(C(=O)N2CCCC(N(CC(=O)O)C(C)=O)CC2)c1OC. The summed E-state index contributed by atoms with van der Waals surface area (Å²) in [6.45, 7) is 2.03. The van der Waals surface area contributed by atoms with Gasteiger partial charge in [-0.25, -0.2) is 0 Å². The number of carboxylic acids is 1. The number of aliphatic carboxylic acids is 1. The van der Waals surface area contributed by atoms with Crippen LogP contribution in [-0.2, 0) is 9.59 Å². The molecule has 1 atom stereocenters. The minimum absolute atomic E-state index is 0.168. The molecule has 1 heterocycles. The van der Waals surface area contributed by atoms with Gasteiger partial charge in [0.05, 0.1) is 19.8 Å². The number of carbonyl (C=O) groups is 3. The Labute approximate surface area is 158 Å². The van der Waals surface area contributed by atoms with E-state index < -0.39 is 5.97 Å². The highest BCUT2D eigenvalue weighted by atomic mass is 16.5. The summed E-state index contributed by atoms with van der Waals surface area (Å²) in [6.07, 6.45) is 1.88. The normalized spacial score (nSPS) is 17.0. The summed E-state index contributed by atoms with van der Waals surface area (Å²) >= 11 is 0. The van der Waals surface area contributed by atoms with Crippen LogP contribution in [0.15, 0.2) is 18.2 Å². The van der Waals surface area contributed by atoms with E-state index >= 15 is 0 Å². The van der Waals surface area contributed by atoms with E-state index in [-0.39, 0.29) is 24.4 Å². The van der Waals surface area contributed by atoms with Crippen molar-refractivity contribution < 1.29 is 29.0 Å². The van der Waals surface area contributed by atoms with E-state index in [0.717, 1.165) is 0 Å². The largest absolute Gasteiger partial charge is 0.493 e.